The van der Waals surface area contributed by atoms with E-state index < -0.39 is 30.6 Å². The van der Waals surface area contributed by atoms with Gasteiger partial charge in [-0.1, -0.05) is 0 Å². The van der Waals surface area contributed by atoms with E-state index in [1.54, 1.807) is 0 Å². The van der Waals surface area contributed by atoms with Crippen molar-refractivity contribution in [3.63, 3.8) is 0 Å². The second kappa shape index (κ2) is 6.91. The van der Waals surface area contributed by atoms with Crippen LogP contribution in [0.5, 0.6) is 5.75 Å². The number of alkyl halides is 3. The molecule has 0 saturated heterocycles. The number of aliphatic carboxylic acids is 1. The monoisotopic (exact) mass is 306 g/mol. The Morgan fingerprint density at radius 3 is 2.71 bits per heavy atom. The fourth-order valence-corrected chi connectivity index (χ4v) is 1.29. The quantitative estimate of drug-likeness (QED) is 0.775. The first kappa shape index (κ1) is 16.7. The maximum Gasteiger partial charge on any atom is 0.422 e. The number of aromatic nitrogens is 1. The van der Waals surface area contributed by atoms with E-state index in [0.717, 1.165) is 6.20 Å². The molecule has 1 amide bonds. The zero-order valence-electron chi connectivity index (χ0n) is 11.0. The summed E-state index contributed by atoms with van der Waals surface area (Å²) >= 11 is 0. The minimum Gasteiger partial charge on any atom is -0.482 e. The van der Waals surface area contributed by atoms with E-state index in [9.17, 15) is 22.8 Å². The maximum absolute atomic E-state index is 12.1. The standard InChI is InChI=1S/C12H13F3N2O4/c1-7(11(19)20)10(18)17-4-8-2-3-16-5-9(8)21-6-12(13,14)15/h2-3,5,7H,4,6H2,1H3,(H,17,18)(H,19,20). The highest BCUT2D eigenvalue weighted by atomic mass is 19.4. The zero-order valence-corrected chi connectivity index (χ0v) is 11.0. The van der Waals surface area contributed by atoms with Gasteiger partial charge in [-0.15, -0.1) is 0 Å². The van der Waals surface area contributed by atoms with Crippen molar-refractivity contribution in [1.29, 1.82) is 0 Å². The second-order valence-corrected chi connectivity index (χ2v) is 4.16. The van der Waals surface area contributed by atoms with E-state index in [-0.39, 0.29) is 17.9 Å². The molecular weight excluding hydrogens is 293 g/mol. The molecule has 0 fully saturated rings. The highest BCUT2D eigenvalue weighted by Gasteiger charge is 2.29. The topological polar surface area (TPSA) is 88.5 Å². The highest BCUT2D eigenvalue weighted by molar-refractivity contribution is 5.96. The van der Waals surface area contributed by atoms with Gasteiger partial charge in [0.15, 0.2) is 6.61 Å². The first-order valence-corrected chi connectivity index (χ1v) is 5.83. The third-order valence-electron chi connectivity index (χ3n) is 2.48. The predicted octanol–water partition coefficient (Wildman–Crippen LogP) is 1.36. The number of hydrogen-bond acceptors (Lipinski definition) is 4. The van der Waals surface area contributed by atoms with Crippen molar-refractivity contribution in [2.45, 2.75) is 19.6 Å². The van der Waals surface area contributed by atoms with Crippen LogP contribution < -0.4 is 10.1 Å². The fraction of sp³-hybridized carbons (Fsp3) is 0.417. The number of halogens is 3. The Kier molecular flexibility index (Phi) is 5.51. The molecule has 21 heavy (non-hydrogen) atoms. The van der Waals surface area contributed by atoms with Crippen LogP contribution in [0.3, 0.4) is 0 Å². The molecule has 1 heterocycles. The Morgan fingerprint density at radius 2 is 2.14 bits per heavy atom. The van der Waals surface area contributed by atoms with Gasteiger partial charge in [0.25, 0.3) is 0 Å². The molecule has 1 atom stereocenters. The number of carboxylic acid groups (broad SMARTS) is 1. The van der Waals surface area contributed by atoms with Crippen LogP contribution in [0.25, 0.3) is 0 Å². The number of carbonyl (C=O) groups is 2. The lowest BCUT2D eigenvalue weighted by Crippen LogP contribution is -2.33. The zero-order chi connectivity index (χ0) is 16.0. The summed E-state index contributed by atoms with van der Waals surface area (Å²) in [5.41, 5.74) is 0.264. The average Bonchev–Trinajstić information content (AvgIpc) is 2.41. The molecule has 0 radical (unpaired) electrons. The Bertz CT molecular complexity index is 519. The van der Waals surface area contributed by atoms with Gasteiger partial charge < -0.3 is 15.2 Å². The largest absolute Gasteiger partial charge is 0.482 e. The summed E-state index contributed by atoms with van der Waals surface area (Å²) in [6.45, 7) is -0.442. The number of pyridine rings is 1. The molecule has 0 spiro atoms. The van der Waals surface area contributed by atoms with Gasteiger partial charge in [-0.05, 0) is 13.0 Å². The number of rotatable bonds is 6. The lowest BCUT2D eigenvalue weighted by molar-refractivity contribution is -0.153. The van der Waals surface area contributed by atoms with E-state index in [0.29, 0.717) is 0 Å². The van der Waals surface area contributed by atoms with Crippen LogP contribution in [0.4, 0.5) is 13.2 Å². The van der Waals surface area contributed by atoms with E-state index >= 15 is 0 Å². The Balaban J connectivity index is 2.67. The van der Waals surface area contributed by atoms with Crippen molar-refractivity contribution in [2.24, 2.45) is 5.92 Å². The molecule has 9 heteroatoms. The van der Waals surface area contributed by atoms with Crippen LogP contribution in [0.1, 0.15) is 12.5 Å². The van der Waals surface area contributed by atoms with Crippen LogP contribution in [0.15, 0.2) is 18.5 Å². The number of nitrogens with one attached hydrogen (secondary N) is 1. The number of carboxylic acids is 1. The molecule has 0 aromatic carbocycles. The molecule has 0 saturated carbocycles. The Morgan fingerprint density at radius 1 is 1.48 bits per heavy atom. The van der Waals surface area contributed by atoms with Crippen molar-refractivity contribution in [3.8, 4) is 5.75 Å². The van der Waals surface area contributed by atoms with Gasteiger partial charge in [0.2, 0.25) is 5.91 Å². The third-order valence-corrected chi connectivity index (χ3v) is 2.48. The fourth-order valence-electron chi connectivity index (χ4n) is 1.29. The molecule has 1 aromatic rings. The van der Waals surface area contributed by atoms with E-state index in [1.165, 1.54) is 19.2 Å². The SMILES string of the molecule is CC(C(=O)O)C(=O)NCc1ccncc1OCC(F)(F)F. The normalized spacial score (nSPS) is 12.6. The van der Waals surface area contributed by atoms with Crippen molar-refractivity contribution >= 4 is 11.9 Å². The van der Waals surface area contributed by atoms with Gasteiger partial charge >= 0.3 is 12.1 Å². The van der Waals surface area contributed by atoms with Crippen LogP contribution in [0.2, 0.25) is 0 Å². The van der Waals surface area contributed by atoms with Crippen molar-refractivity contribution < 1.29 is 32.6 Å². The van der Waals surface area contributed by atoms with Crippen molar-refractivity contribution in [2.75, 3.05) is 6.61 Å². The minimum atomic E-state index is -4.49. The smallest absolute Gasteiger partial charge is 0.422 e. The molecule has 2 N–H and O–H groups in total. The number of nitrogens with zero attached hydrogens (tertiary/aromatic N) is 1. The molecule has 1 rings (SSSR count). The average molecular weight is 306 g/mol. The maximum atomic E-state index is 12.1. The van der Waals surface area contributed by atoms with Crippen LogP contribution in [-0.2, 0) is 16.1 Å². The van der Waals surface area contributed by atoms with Gasteiger partial charge in [-0.25, -0.2) is 0 Å². The number of carbonyl (C=O) groups excluding carboxylic acids is 1. The summed E-state index contributed by atoms with van der Waals surface area (Å²) in [6.07, 6.45) is -2.08. The molecule has 0 bridgehead atoms. The summed E-state index contributed by atoms with van der Waals surface area (Å²) < 4.78 is 40.9. The lowest BCUT2D eigenvalue weighted by Gasteiger charge is -2.13. The van der Waals surface area contributed by atoms with Gasteiger partial charge in [0, 0.05) is 18.3 Å². The summed E-state index contributed by atoms with van der Waals surface area (Å²) in [6, 6.07) is 1.37. The summed E-state index contributed by atoms with van der Waals surface area (Å²) in [5.74, 6) is -3.43. The van der Waals surface area contributed by atoms with Gasteiger partial charge in [0.05, 0.1) is 6.20 Å². The van der Waals surface area contributed by atoms with Crippen LogP contribution >= 0.6 is 0 Å². The van der Waals surface area contributed by atoms with Gasteiger partial charge in [-0.3, -0.25) is 14.6 Å². The van der Waals surface area contributed by atoms with E-state index in [1.807, 2.05) is 0 Å². The summed E-state index contributed by atoms with van der Waals surface area (Å²) in [5, 5.41) is 11.0. The molecule has 0 aliphatic rings. The lowest BCUT2D eigenvalue weighted by atomic mass is 10.1. The van der Waals surface area contributed by atoms with Crippen LogP contribution in [-0.4, -0.2) is 34.8 Å². The van der Waals surface area contributed by atoms with Gasteiger partial charge in [0.1, 0.15) is 11.7 Å². The van der Waals surface area contributed by atoms with E-state index in [4.69, 9.17) is 5.11 Å². The highest BCUT2D eigenvalue weighted by Crippen LogP contribution is 2.21. The first-order valence-electron chi connectivity index (χ1n) is 5.83. The predicted molar refractivity (Wildman–Crippen MR) is 64.4 cm³/mol. The second-order valence-electron chi connectivity index (χ2n) is 4.16. The molecule has 1 unspecified atom stereocenters. The molecular formula is C12H13F3N2O4. The minimum absolute atomic E-state index is 0.127. The number of hydrogen-bond donors (Lipinski definition) is 2. The Hall–Kier alpha value is -2.32. The van der Waals surface area contributed by atoms with Crippen molar-refractivity contribution in [1.82, 2.24) is 10.3 Å². The van der Waals surface area contributed by atoms with Crippen molar-refractivity contribution in [3.05, 3.63) is 24.0 Å². The molecule has 0 aliphatic heterocycles. The molecule has 1 aromatic heterocycles. The van der Waals surface area contributed by atoms with Crippen LogP contribution in [0, 0.1) is 5.92 Å². The molecule has 6 nitrogen and oxygen atoms in total. The number of amides is 1. The molecule has 0 aliphatic carbocycles. The third kappa shape index (κ3) is 5.67. The Labute approximate surface area is 117 Å². The van der Waals surface area contributed by atoms with E-state index in [2.05, 4.69) is 15.0 Å². The summed E-state index contributed by atoms with van der Waals surface area (Å²) in [7, 11) is 0. The first-order chi connectivity index (χ1) is 9.70. The molecule has 116 valence electrons. The summed E-state index contributed by atoms with van der Waals surface area (Å²) in [4.78, 5) is 25.7. The van der Waals surface area contributed by atoms with Gasteiger partial charge in [-0.2, -0.15) is 13.2 Å². The number of ether oxygens (including phenoxy) is 1.